The number of halogens is 3. The van der Waals surface area contributed by atoms with Gasteiger partial charge in [0.1, 0.15) is 0 Å². The second-order valence-corrected chi connectivity index (χ2v) is 6.11. The van der Waals surface area contributed by atoms with Gasteiger partial charge in [-0.2, -0.15) is 0 Å². The average molecular weight is 407 g/mol. The van der Waals surface area contributed by atoms with E-state index in [0.717, 1.165) is 21.5 Å². The van der Waals surface area contributed by atoms with E-state index in [1.165, 1.54) is 9.13 Å². The Hall–Kier alpha value is -0.0600. The third-order valence-electron chi connectivity index (χ3n) is 2.32. The van der Waals surface area contributed by atoms with E-state index in [9.17, 15) is 0 Å². The van der Waals surface area contributed by atoms with Crippen LogP contribution < -0.4 is 0 Å². The molecule has 2 aromatic carbocycles. The minimum absolute atomic E-state index is 0.821. The maximum Gasteiger partial charge on any atom is 0.0442 e. The standard InChI is InChI=1S/C13H9BrClI/c14-11-3-6-13(15)10(8-11)7-9-1-4-12(16)5-2-9/h1-6,8H,7H2. The summed E-state index contributed by atoms with van der Waals surface area (Å²) in [5.41, 5.74) is 2.43. The average Bonchev–Trinajstić information content (AvgIpc) is 2.27. The highest BCUT2D eigenvalue weighted by Gasteiger charge is 2.02. The first kappa shape index (κ1) is 12.4. The van der Waals surface area contributed by atoms with Gasteiger partial charge in [-0.1, -0.05) is 39.7 Å². The molecule has 0 heterocycles. The van der Waals surface area contributed by atoms with Crippen LogP contribution in [0.1, 0.15) is 11.1 Å². The highest BCUT2D eigenvalue weighted by molar-refractivity contribution is 14.1. The molecule has 0 radical (unpaired) electrons. The van der Waals surface area contributed by atoms with Gasteiger partial charge >= 0.3 is 0 Å². The molecule has 0 saturated heterocycles. The van der Waals surface area contributed by atoms with Gasteiger partial charge in [0, 0.05) is 13.1 Å². The third kappa shape index (κ3) is 3.22. The van der Waals surface area contributed by atoms with Gasteiger partial charge in [-0.15, -0.1) is 0 Å². The molecule has 16 heavy (non-hydrogen) atoms. The van der Waals surface area contributed by atoms with Crippen molar-refractivity contribution in [2.45, 2.75) is 6.42 Å². The number of hydrogen-bond acceptors (Lipinski definition) is 0. The Balaban J connectivity index is 2.26. The molecular weight excluding hydrogens is 398 g/mol. The Morgan fingerprint density at radius 3 is 2.44 bits per heavy atom. The SMILES string of the molecule is Clc1ccc(Br)cc1Cc1ccc(I)cc1. The minimum Gasteiger partial charge on any atom is -0.0840 e. The van der Waals surface area contributed by atoms with Gasteiger partial charge in [-0.05, 0) is 70.5 Å². The van der Waals surface area contributed by atoms with Crippen molar-refractivity contribution < 1.29 is 0 Å². The molecule has 0 spiro atoms. The van der Waals surface area contributed by atoms with Crippen LogP contribution in [-0.4, -0.2) is 0 Å². The highest BCUT2D eigenvalue weighted by atomic mass is 127. The summed E-state index contributed by atoms with van der Waals surface area (Å²) >= 11 is 11.9. The summed E-state index contributed by atoms with van der Waals surface area (Å²) in [5, 5.41) is 0.821. The normalized spacial score (nSPS) is 10.4. The summed E-state index contributed by atoms with van der Waals surface area (Å²) in [6.07, 6.45) is 0.870. The van der Waals surface area contributed by atoms with Crippen LogP contribution in [0.5, 0.6) is 0 Å². The number of hydrogen-bond donors (Lipinski definition) is 0. The Morgan fingerprint density at radius 2 is 1.75 bits per heavy atom. The molecule has 0 unspecified atom stereocenters. The molecule has 2 aromatic rings. The number of rotatable bonds is 2. The van der Waals surface area contributed by atoms with Crippen LogP contribution in [-0.2, 0) is 6.42 Å². The summed E-state index contributed by atoms with van der Waals surface area (Å²) in [6, 6.07) is 14.5. The van der Waals surface area contributed by atoms with Crippen LogP contribution in [0.25, 0.3) is 0 Å². The van der Waals surface area contributed by atoms with Crippen molar-refractivity contribution in [3.8, 4) is 0 Å². The molecule has 0 saturated carbocycles. The fraction of sp³-hybridized carbons (Fsp3) is 0.0769. The summed E-state index contributed by atoms with van der Waals surface area (Å²) in [5.74, 6) is 0. The van der Waals surface area contributed by atoms with Crippen LogP contribution in [0.15, 0.2) is 46.9 Å². The summed E-state index contributed by atoms with van der Waals surface area (Å²) in [7, 11) is 0. The molecule has 0 aliphatic heterocycles. The zero-order chi connectivity index (χ0) is 11.5. The van der Waals surface area contributed by atoms with E-state index in [2.05, 4.69) is 68.9 Å². The summed E-state index contributed by atoms with van der Waals surface area (Å²) < 4.78 is 2.32. The molecule has 0 nitrogen and oxygen atoms in total. The van der Waals surface area contributed by atoms with Gasteiger partial charge in [0.05, 0.1) is 0 Å². The van der Waals surface area contributed by atoms with Gasteiger partial charge in [0.15, 0.2) is 0 Å². The highest BCUT2D eigenvalue weighted by Crippen LogP contribution is 2.23. The first-order chi connectivity index (χ1) is 7.65. The van der Waals surface area contributed by atoms with Crippen molar-refractivity contribution in [1.29, 1.82) is 0 Å². The zero-order valence-corrected chi connectivity index (χ0v) is 12.9. The van der Waals surface area contributed by atoms with E-state index in [1.807, 2.05) is 12.1 Å². The maximum absolute atomic E-state index is 6.16. The molecular formula is C13H9BrClI. The van der Waals surface area contributed by atoms with Crippen LogP contribution in [0, 0.1) is 3.57 Å². The first-order valence-electron chi connectivity index (χ1n) is 4.83. The molecule has 0 atom stereocenters. The monoisotopic (exact) mass is 406 g/mol. The van der Waals surface area contributed by atoms with E-state index >= 15 is 0 Å². The fourth-order valence-corrected chi connectivity index (χ4v) is 2.45. The number of benzene rings is 2. The van der Waals surface area contributed by atoms with Crippen molar-refractivity contribution in [2.24, 2.45) is 0 Å². The molecule has 0 fully saturated rings. The minimum atomic E-state index is 0.821. The predicted octanol–water partition coefficient (Wildman–Crippen LogP) is 5.30. The second kappa shape index (κ2) is 5.52. The second-order valence-electron chi connectivity index (χ2n) is 3.54. The molecule has 0 aromatic heterocycles. The third-order valence-corrected chi connectivity index (χ3v) is 3.90. The topological polar surface area (TPSA) is 0 Å². The molecule has 0 amide bonds. The lowest BCUT2D eigenvalue weighted by Gasteiger charge is -2.05. The van der Waals surface area contributed by atoms with E-state index in [0.29, 0.717) is 0 Å². The zero-order valence-electron chi connectivity index (χ0n) is 8.38. The van der Waals surface area contributed by atoms with E-state index < -0.39 is 0 Å². The lowest BCUT2D eigenvalue weighted by atomic mass is 10.1. The van der Waals surface area contributed by atoms with Gasteiger partial charge in [0.25, 0.3) is 0 Å². The largest absolute Gasteiger partial charge is 0.0840 e. The van der Waals surface area contributed by atoms with Gasteiger partial charge < -0.3 is 0 Å². The molecule has 0 bridgehead atoms. The Kier molecular flexibility index (Phi) is 4.27. The van der Waals surface area contributed by atoms with Crippen LogP contribution in [0.3, 0.4) is 0 Å². The quantitative estimate of drug-likeness (QED) is 0.593. The Morgan fingerprint density at radius 1 is 1.06 bits per heavy atom. The first-order valence-corrected chi connectivity index (χ1v) is 7.08. The molecule has 0 N–H and O–H groups in total. The lowest BCUT2D eigenvalue weighted by molar-refractivity contribution is 1.19. The van der Waals surface area contributed by atoms with Gasteiger partial charge in [0.2, 0.25) is 0 Å². The van der Waals surface area contributed by atoms with E-state index in [1.54, 1.807) is 0 Å². The Labute approximate surface area is 122 Å². The van der Waals surface area contributed by atoms with Crippen molar-refractivity contribution in [1.82, 2.24) is 0 Å². The molecule has 2 rings (SSSR count). The predicted molar refractivity (Wildman–Crippen MR) is 81.1 cm³/mol. The van der Waals surface area contributed by atoms with E-state index in [-0.39, 0.29) is 0 Å². The van der Waals surface area contributed by atoms with Crippen molar-refractivity contribution in [3.05, 3.63) is 66.7 Å². The molecule has 82 valence electrons. The van der Waals surface area contributed by atoms with Crippen LogP contribution >= 0.6 is 50.1 Å². The maximum atomic E-state index is 6.16. The van der Waals surface area contributed by atoms with Crippen LogP contribution in [0.4, 0.5) is 0 Å². The smallest absolute Gasteiger partial charge is 0.0442 e. The van der Waals surface area contributed by atoms with Gasteiger partial charge in [-0.3, -0.25) is 0 Å². The van der Waals surface area contributed by atoms with Crippen molar-refractivity contribution in [3.63, 3.8) is 0 Å². The summed E-state index contributed by atoms with van der Waals surface area (Å²) in [6.45, 7) is 0. The lowest BCUT2D eigenvalue weighted by Crippen LogP contribution is -1.89. The van der Waals surface area contributed by atoms with Crippen molar-refractivity contribution >= 4 is 50.1 Å². The van der Waals surface area contributed by atoms with E-state index in [4.69, 9.17) is 11.6 Å². The fourth-order valence-electron chi connectivity index (χ4n) is 1.50. The molecule has 0 aliphatic rings. The molecule has 3 heteroatoms. The summed E-state index contributed by atoms with van der Waals surface area (Å²) in [4.78, 5) is 0. The van der Waals surface area contributed by atoms with Crippen molar-refractivity contribution in [2.75, 3.05) is 0 Å². The van der Waals surface area contributed by atoms with Crippen LogP contribution in [0.2, 0.25) is 5.02 Å². The Bertz CT molecular complexity index is 494. The van der Waals surface area contributed by atoms with Gasteiger partial charge in [-0.25, -0.2) is 0 Å². The molecule has 0 aliphatic carbocycles.